The fraction of sp³-hybridized carbons (Fsp3) is 0.200. The molecule has 0 radical (unpaired) electrons. The van der Waals surface area contributed by atoms with Crippen molar-refractivity contribution in [1.82, 2.24) is 9.55 Å². The van der Waals surface area contributed by atoms with Crippen LogP contribution >= 0.6 is 46.3 Å². The number of hydrogen-bond donors (Lipinski definition) is 0. The van der Waals surface area contributed by atoms with E-state index < -0.39 is 0 Å². The Morgan fingerprint density at radius 1 is 1.18 bits per heavy atom. The van der Waals surface area contributed by atoms with Gasteiger partial charge in [0, 0.05) is 20.7 Å². The number of nitrogens with zero attached hydrogens (tertiary/aromatic N) is 2. The average molecular weight is 451 g/mol. The number of fused-ring (bicyclic) bond motifs is 1. The lowest BCUT2D eigenvalue weighted by atomic mass is 10.2. The van der Waals surface area contributed by atoms with Crippen molar-refractivity contribution in [3.63, 3.8) is 0 Å². The highest BCUT2D eigenvalue weighted by Gasteiger charge is 2.18. The van der Waals surface area contributed by atoms with Crippen LogP contribution in [0.25, 0.3) is 10.2 Å². The van der Waals surface area contributed by atoms with E-state index in [9.17, 15) is 4.79 Å². The molecule has 0 aliphatic rings. The molecular formula is C20H16Cl2N2O2S2. The number of benzene rings is 1. The predicted octanol–water partition coefficient (Wildman–Crippen LogP) is 6.32. The third kappa shape index (κ3) is 3.62. The van der Waals surface area contributed by atoms with Crippen LogP contribution in [0.2, 0.25) is 10.0 Å². The number of rotatable bonds is 5. The summed E-state index contributed by atoms with van der Waals surface area (Å²) in [5.74, 6) is 1.21. The molecule has 0 spiro atoms. The van der Waals surface area contributed by atoms with Gasteiger partial charge in [-0.15, -0.1) is 11.3 Å². The summed E-state index contributed by atoms with van der Waals surface area (Å²) < 4.78 is 7.12. The Hall–Kier alpha value is -1.73. The third-order valence-corrected chi connectivity index (χ3v) is 7.37. The summed E-state index contributed by atoms with van der Waals surface area (Å²) in [6, 6.07) is 9.08. The largest absolute Gasteiger partial charge is 0.467 e. The molecule has 3 heterocycles. The van der Waals surface area contributed by atoms with Gasteiger partial charge in [0.2, 0.25) is 0 Å². The summed E-state index contributed by atoms with van der Waals surface area (Å²) in [5.41, 5.74) is 1.75. The Labute approximate surface area is 180 Å². The van der Waals surface area contributed by atoms with Gasteiger partial charge in [0.05, 0.1) is 18.2 Å². The van der Waals surface area contributed by atoms with Gasteiger partial charge in [-0.2, -0.15) is 0 Å². The number of halogens is 2. The first-order valence-electron chi connectivity index (χ1n) is 8.54. The molecule has 0 aliphatic heterocycles. The molecule has 0 atom stereocenters. The Morgan fingerprint density at radius 2 is 1.93 bits per heavy atom. The normalized spacial score (nSPS) is 11.4. The predicted molar refractivity (Wildman–Crippen MR) is 117 cm³/mol. The molecule has 0 aliphatic carbocycles. The average Bonchev–Trinajstić information content (AvgIpc) is 3.26. The lowest BCUT2D eigenvalue weighted by Crippen LogP contribution is -2.23. The minimum Gasteiger partial charge on any atom is -0.467 e. The van der Waals surface area contributed by atoms with Gasteiger partial charge in [0.25, 0.3) is 5.56 Å². The second-order valence-corrected chi connectivity index (χ2v) is 9.28. The van der Waals surface area contributed by atoms with Gasteiger partial charge >= 0.3 is 0 Å². The summed E-state index contributed by atoms with van der Waals surface area (Å²) in [6.45, 7) is 4.29. The van der Waals surface area contributed by atoms with Gasteiger partial charge in [0.15, 0.2) is 5.16 Å². The summed E-state index contributed by atoms with van der Waals surface area (Å²) in [4.78, 5) is 19.9. The fourth-order valence-corrected chi connectivity index (χ4v) is 5.73. The topological polar surface area (TPSA) is 48.0 Å². The molecule has 144 valence electrons. The second kappa shape index (κ2) is 7.95. The molecule has 3 aromatic heterocycles. The van der Waals surface area contributed by atoms with Gasteiger partial charge < -0.3 is 4.42 Å². The highest BCUT2D eigenvalue weighted by Crippen LogP contribution is 2.33. The number of aryl methyl sites for hydroxylation is 2. The lowest BCUT2D eigenvalue weighted by molar-refractivity contribution is 0.476. The molecule has 0 amide bonds. The minimum absolute atomic E-state index is 0.0593. The van der Waals surface area contributed by atoms with Crippen molar-refractivity contribution in [2.24, 2.45) is 0 Å². The van der Waals surface area contributed by atoms with Crippen molar-refractivity contribution >= 4 is 56.5 Å². The van der Waals surface area contributed by atoms with E-state index >= 15 is 0 Å². The van der Waals surface area contributed by atoms with Crippen LogP contribution in [0.4, 0.5) is 0 Å². The molecule has 28 heavy (non-hydrogen) atoms. The third-order valence-electron chi connectivity index (χ3n) is 4.56. The molecule has 4 aromatic rings. The zero-order valence-corrected chi connectivity index (χ0v) is 18.3. The summed E-state index contributed by atoms with van der Waals surface area (Å²) in [6.07, 6.45) is 1.60. The molecule has 0 fully saturated rings. The molecule has 0 saturated heterocycles. The van der Waals surface area contributed by atoms with E-state index in [0.29, 0.717) is 38.6 Å². The van der Waals surface area contributed by atoms with Crippen LogP contribution in [-0.2, 0) is 12.3 Å². The summed E-state index contributed by atoms with van der Waals surface area (Å²) in [5, 5.41) is 2.49. The maximum atomic E-state index is 13.3. The van der Waals surface area contributed by atoms with Crippen molar-refractivity contribution in [2.75, 3.05) is 0 Å². The number of furan rings is 1. The van der Waals surface area contributed by atoms with Crippen LogP contribution in [0.5, 0.6) is 0 Å². The highest BCUT2D eigenvalue weighted by atomic mass is 35.5. The molecule has 0 saturated carbocycles. The Bertz CT molecular complexity index is 1190. The van der Waals surface area contributed by atoms with Gasteiger partial charge in [0.1, 0.15) is 10.6 Å². The van der Waals surface area contributed by atoms with E-state index in [1.54, 1.807) is 10.8 Å². The Balaban J connectivity index is 1.80. The standard InChI is InChI=1S/C20H16Cl2N2O2S2/c1-11-12(2)28-18-17(11)19(25)24(9-13-5-4-8-26-13)20(23-18)27-10-14-15(21)6-3-7-16(14)22/h3-8H,9-10H2,1-2H3. The maximum Gasteiger partial charge on any atom is 0.263 e. The number of hydrogen-bond acceptors (Lipinski definition) is 5. The van der Waals surface area contributed by atoms with Crippen LogP contribution in [0.15, 0.2) is 51.0 Å². The first kappa shape index (κ1) is 19.6. The SMILES string of the molecule is Cc1sc2nc(SCc3c(Cl)cccc3Cl)n(Cc3ccco3)c(=O)c2c1C. The number of thioether (sulfide) groups is 1. The van der Waals surface area contributed by atoms with E-state index in [1.807, 2.05) is 44.2 Å². The molecule has 0 N–H and O–H groups in total. The zero-order chi connectivity index (χ0) is 19.8. The van der Waals surface area contributed by atoms with E-state index in [1.165, 1.54) is 23.1 Å². The lowest BCUT2D eigenvalue weighted by Gasteiger charge is -2.12. The van der Waals surface area contributed by atoms with E-state index in [2.05, 4.69) is 0 Å². The van der Waals surface area contributed by atoms with Crippen LogP contribution in [-0.4, -0.2) is 9.55 Å². The summed E-state index contributed by atoms with van der Waals surface area (Å²) >= 11 is 15.6. The Morgan fingerprint density at radius 3 is 2.61 bits per heavy atom. The molecular weight excluding hydrogens is 435 g/mol. The Kier molecular flexibility index (Phi) is 5.56. The van der Waals surface area contributed by atoms with Crippen LogP contribution < -0.4 is 5.56 Å². The van der Waals surface area contributed by atoms with E-state index in [0.717, 1.165) is 20.8 Å². The molecule has 0 unspecified atom stereocenters. The van der Waals surface area contributed by atoms with Gasteiger partial charge in [-0.05, 0) is 49.2 Å². The fourth-order valence-electron chi connectivity index (χ4n) is 2.92. The highest BCUT2D eigenvalue weighted by molar-refractivity contribution is 7.98. The quantitative estimate of drug-likeness (QED) is 0.263. The van der Waals surface area contributed by atoms with Gasteiger partial charge in [-0.1, -0.05) is 41.0 Å². The zero-order valence-electron chi connectivity index (χ0n) is 15.2. The van der Waals surface area contributed by atoms with Crippen LogP contribution in [0.3, 0.4) is 0 Å². The minimum atomic E-state index is -0.0593. The molecule has 1 aromatic carbocycles. The number of thiophene rings is 1. The van der Waals surface area contributed by atoms with Crippen molar-refractivity contribution in [3.05, 3.63) is 78.8 Å². The summed E-state index contributed by atoms with van der Waals surface area (Å²) in [7, 11) is 0. The number of aromatic nitrogens is 2. The maximum absolute atomic E-state index is 13.3. The smallest absolute Gasteiger partial charge is 0.263 e. The van der Waals surface area contributed by atoms with Crippen molar-refractivity contribution < 1.29 is 4.42 Å². The van der Waals surface area contributed by atoms with Gasteiger partial charge in [-0.25, -0.2) is 4.98 Å². The van der Waals surface area contributed by atoms with Crippen LogP contribution in [0.1, 0.15) is 21.8 Å². The molecule has 0 bridgehead atoms. The van der Waals surface area contributed by atoms with Crippen molar-refractivity contribution in [3.8, 4) is 0 Å². The van der Waals surface area contributed by atoms with Crippen LogP contribution in [0, 0.1) is 13.8 Å². The first-order valence-corrected chi connectivity index (χ1v) is 11.1. The van der Waals surface area contributed by atoms with E-state index in [4.69, 9.17) is 32.6 Å². The molecule has 4 rings (SSSR count). The van der Waals surface area contributed by atoms with Crippen molar-refractivity contribution in [2.45, 2.75) is 31.3 Å². The van der Waals surface area contributed by atoms with E-state index in [-0.39, 0.29) is 5.56 Å². The monoisotopic (exact) mass is 450 g/mol. The molecule has 4 nitrogen and oxygen atoms in total. The first-order chi connectivity index (χ1) is 13.5. The second-order valence-electron chi connectivity index (χ2n) is 6.32. The van der Waals surface area contributed by atoms with Crippen molar-refractivity contribution in [1.29, 1.82) is 0 Å². The van der Waals surface area contributed by atoms with Gasteiger partial charge in [-0.3, -0.25) is 9.36 Å². The molecule has 8 heteroatoms.